The third kappa shape index (κ3) is 5.85. The van der Waals surface area contributed by atoms with Crippen molar-refractivity contribution in [2.75, 3.05) is 20.3 Å². The summed E-state index contributed by atoms with van der Waals surface area (Å²) < 4.78 is 11.1. The molecule has 0 aliphatic heterocycles. The topological polar surface area (TPSA) is 30.5 Å². The predicted octanol–water partition coefficient (Wildman–Crippen LogP) is 3.96. The minimum Gasteiger partial charge on any atom is -0.497 e. The number of nitrogens with one attached hydrogen (secondary N) is 1. The van der Waals surface area contributed by atoms with Gasteiger partial charge in [-0.25, -0.2) is 0 Å². The standard InChI is InChI=1S/C16H24ClNO2/c1-12(2)9-18-10-14-5-6-15(19-4)7-16(14)20-11-13(3)8-17/h5-8,12,18H,9-11H2,1-4H3/b13-8+. The van der Waals surface area contributed by atoms with E-state index in [-0.39, 0.29) is 0 Å². The highest BCUT2D eigenvalue weighted by Crippen LogP contribution is 2.25. The van der Waals surface area contributed by atoms with Crippen LogP contribution in [-0.2, 0) is 6.54 Å². The minimum atomic E-state index is 0.480. The molecule has 0 bridgehead atoms. The van der Waals surface area contributed by atoms with Gasteiger partial charge in [-0.2, -0.15) is 0 Å². The fourth-order valence-electron chi connectivity index (χ4n) is 1.66. The molecule has 0 aliphatic rings. The molecule has 1 N–H and O–H groups in total. The van der Waals surface area contributed by atoms with Crippen molar-refractivity contribution in [1.29, 1.82) is 0 Å². The smallest absolute Gasteiger partial charge is 0.127 e. The predicted molar refractivity (Wildman–Crippen MR) is 84.6 cm³/mol. The van der Waals surface area contributed by atoms with Crippen molar-refractivity contribution in [3.8, 4) is 11.5 Å². The van der Waals surface area contributed by atoms with Gasteiger partial charge in [0, 0.05) is 23.7 Å². The lowest BCUT2D eigenvalue weighted by molar-refractivity contribution is 0.342. The van der Waals surface area contributed by atoms with Crippen molar-refractivity contribution in [2.24, 2.45) is 5.92 Å². The Bertz CT molecular complexity index is 444. The first-order valence-electron chi connectivity index (χ1n) is 6.83. The second-order valence-corrected chi connectivity index (χ2v) is 5.46. The molecule has 0 atom stereocenters. The summed E-state index contributed by atoms with van der Waals surface area (Å²) in [6.45, 7) is 8.55. The van der Waals surface area contributed by atoms with Gasteiger partial charge in [0.15, 0.2) is 0 Å². The van der Waals surface area contributed by atoms with Crippen LogP contribution < -0.4 is 14.8 Å². The summed E-state index contributed by atoms with van der Waals surface area (Å²) in [7, 11) is 1.65. The van der Waals surface area contributed by atoms with E-state index in [1.165, 1.54) is 5.54 Å². The summed E-state index contributed by atoms with van der Waals surface area (Å²) in [5.41, 5.74) is 3.64. The minimum absolute atomic E-state index is 0.480. The van der Waals surface area contributed by atoms with Crippen LogP contribution in [0.1, 0.15) is 26.3 Å². The Balaban J connectivity index is 2.75. The van der Waals surface area contributed by atoms with Crippen molar-refractivity contribution >= 4 is 11.6 Å². The highest BCUT2D eigenvalue weighted by atomic mass is 35.5. The van der Waals surface area contributed by atoms with Gasteiger partial charge in [0.2, 0.25) is 0 Å². The van der Waals surface area contributed by atoms with Crippen LogP contribution in [-0.4, -0.2) is 20.3 Å². The molecule has 0 radical (unpaired) electrons. The monoisotopic (exact) mass is 297 g/mol. The van der Waals surface area contributed by atoms with Crippen LogP contribution in [0.25, 0.3) is 0 Å². The molecule has 0 aromatic heterocycles. The molecule has 20 heavy (non-hydrogen) atoms. The van der Waals surface area contributed by atoms with Gasteiger partial charge in [0.05, 0.1) is 7.11 Å². The van der Waals surface area contributed by atoms with E-state index in [9.17, 15) is 0 Å². The lowest BCUT2D eigenvalue weighted by atomic mass is 10.1. The third-order valence-corrected chi connectivity index (χ3v) is 3.16. The molecule has 0 heterocycles. The Morgan fingerprint density at radius 3 is 2.75 bits per heavy atom. The fourth-order valence-corrected chi connectivity index (χ4v) is 1.72. The van der Waals surface area contributed by atoms with Crippen LogP contribution in [0.15, 0.2) is 29.3 Å². The largest absolute Gasteiger partial charge is 0.497 e. The lowest BCUT2D eigenvalue weighted by Crippen LogP contribution is -2.19. The Morgan fingerprint density at radius 1 is 1.40 bits per heavy atom. The molecular weight excluding hydrogens is 274 g/mol. The van der Waals surface area contributed by atoms with Crippen molar-refractivity contribution in [3.63, 3.8) is 0 Å². The average molecular weight is 298 g/mol. The number of hydrogen-bond donors (Lipinski definition) is 1. The van der Waals surface area contributed by atoms with E-state index in [4.69, 9.17) is 21.1 Å². The number of hydrogen-bond acceptors (Lipinski definition) is 3. The van der Waals surface area contributed by atoms with Gasteiger partial charge in [-0.15, -0.1) is 0 Å². The van der Waals surface area contributed by atoms with E-state index in [1.54, 1.807) is 7.11 Å². The van der Waals surface area contributed by atoms with Crippen LogP contribution in [0.4, 0.5) is 0 Å². The lowest BCUT2D eigenvalue weighted by Gasteiger charge is -2.14. The van der Waals surface area contributed by atoms with Gasteiger partial charge < -0.3 is 14.8 Å². The van der Waals surface area contributed by atoms with E-state index in [0.29, 0.717) is 12.5 Å². The molecule has 3 nitrogen and oxygen atoms in total. The molecule has 0 saturated heterocycles. The van der Waals surface area contributed by atoms with Gasteiger partial charge in [-0.3, -0.25) is 0 Å². The molecule has 0 fully saturated rings. The molecule has 0 amide bonds. The highest BCUT2D eigenvalue weighted by Gasteiger charge is 2.06. The molecule has 0 spiro atoms. The van der Waals surface area contributed by atoms with Crippen LogP contribution in [0, 0.1) is 5.92 Å². The average Bonchev–Trinajstić information content (AvgIpc) is 2.45. The molecule has 1 aromatic rings. The second kappa shape index (κ2) is 8.88. The maximum Gasteiger partial charge on any atom is 0.127 e. The van der Waals surface area contributed by atoms with Gasteiger partial charge in [-0.1, -0.05) is 31.5 Å². The Morgan fingerprint density at radius 2 is 2.15 bits per heavy atom. The van der Waals surface area contributed by atoms with Crippen LogP contribution in [0.2, 0.25) is 0 Å². The van der Waals surface area contributed by atoms with Crippen molar-refractivity contribution in [3.05, 3.63) is 34.9 Å². The summed E-state index contributed by atoms with van der Waals surface area (Å²) in [5, 5.41) is 3.42. The summed E-state index contributed by atoms with van der Waals surface area (Å²) >= 11 is 5.66. The molecule has 1 rings (SSSR count). The Hall–Kier alpha value is -1.19. The normalized spacial score (nSPS) is 11.8. The highest BCUT2D eigenvalue weighted by molar-refractivity contribution is 6.25. The van der Waals surface area contributed by atoms with Crippen molar-refractivity contribution < 1.29 is 9.47 Å². The summed E-state index contributed by atoms with van der Waals surface area (Å²) in [4.78, 5) is 0. The third-order valence-electron chi connectivity index (χ3n) is 2.78. The molecule has 0 unspecified atom stereocenters. The van der Waals surface area contributed by atoms with E-state index in [0.717, 1.165) is 35.7 Å². The first-order chi connectivity index (χ1) is 9.56. The van der Waals surface area contributed by atoms with E-state index in [1.807, 2.05) is 25.1 Å². The number of rotatable bonds is 8. The number of methoxy groups -OCH3 is 1. The zero-order chi connectivity index (χ0) is 15.0. The first kappa shape index (κ1) is 16.9. The molecule has 1 aromatic carbocycles. The molecule has 112 valence electrons. The van der Waals surface area contributed by atoms with Gasteiger partial charge in [-0.05, 0) is 31.0 Å². The van der Waals surface area contributed by atoms with Gasteiger partial charge in [0.25, 0.3) is 0 Å². The molecular formula is C16H24ClNO2. The van der Waals surface area contributed by atoms with E-state index in [2.05, 4.69) is 19.2 Å². The van der Waals surface area contributed by atoms with E-state index >= 15 is 0 Å². The van der Waals surface area contributed by atoms with E-state index < -0.39 is 0 Å². The maximum absolute atomic E-state index is 5.82. The Kier molecular flexibility index (Phi) is 7.48. The first-order valence-corrected chi connectivity index (χ1v) is 7.26. The number of benzene rings is 1. The van der Waals surface area contributed by atoms with Gasteiger partial charge >= 0.3 is 0 Å². The zero-order valence-electron chi connectivity index (χ0n) is 12.7. The number of ether oxygens (including phenoxy) is 2. The Labute approximate surface area is 126 Å². The van der Waals surface area contributed by atoms with Crippen LogP contribution >= 0.6 is 11.6 Å². The van der Waals surface area contributed by atoms with Gasteiger partial charge in [0.1, 0.15) is 18.1 Å². The maximum atomic E-state index is 5.82. The zero-order valence-corrected chi connectivity index (χ0v) is 13.5. The fraction of sp³-hybridized carbons (Fsp3) is 0.500. The molecule has 0 saturated carbocycles. The quantitative estimate of drug-likeness (QED) is 0.788. The van der Waals surface area contributed by atoms with Crippen molar-refractivity contribution in [1.82, 2.24) is 5.32 Å². The SMILES string of the molecule is COc1ccc(CNCC(C)C)c(OC/C(C)=C/Cl)c1. The summed E-state index contributed by atoms with van der Waals surface area (Å²) in [6.07, 6.45) is 0. The second-order valence-electron chi connectivity index (χ2n) is 5.24. The molecule has 0 aliphatic carbocycles. The van der Waals surface area contributed by atoms with Crippen LogP contribution in [0.3, 0.4) is 0 Å². The summed E-state index contributed by atoms with van der Waals surface area (Å²) in [6, 6.07) is 5.89. The molecule has 4 heteroatoms. The number of halogens is 1. The van der Waals surface area contributed by atoms with Crippen LogP contribution in [0.5, 0.6) is 11.5 Å². The van der Waals surface area contributed by atoms with Crippen molar-refractivity contribution in [2.45, 2.75) is 27.3 Å². The summed E-state index contributed by atoms with van der Waals surface area (Å²) in [5.74, 6) is 2.25.